The van der Waals surface area contributed by atoms with Gasteiger partial charge in [-0.15, -0.1) is 0 Å². The molecule has 0 atom stereocenters. The van der Waals surface area contributed by atoms with Gasteiger partial charge in [0.2, 0.25) is 0 Å². The summed E-state index contributed by atoms with van der Waals surface area (Å²) in [5, 5.41) is 7.18. The normalized spacial score (nSPS) is 10.5. The lowest BCUT2D eigenvalue weighted by atomic mass is 10.1. The minimum Gasteiger partial charge on any atom is -0.494 e. The van der Waals surface area contributed by atoms with Crippen molar-refractivity contribution in [1.29, 1.82) is 0 Å². The fourth-order valence-corrected chi connectivity index (χ4v) is 2.45. The maximum absolute atomic E-state index is 12.3. The molecule has 0 aliphatic heterocycles. The summed E-state index contributed by atoms with van der Waals surface area (Å²) in [6.45, 7) is 4.43. The quantitative estimate of drug-likeness (QED) is 0.702. The van der Waals surface area contributed by atoms with E-state index >= 15 is 0 Å². The minimum atomic E-state index is -0.360. The van der Waals surface area contributed by atoms with Gasteiger partial charge in [-0.1, -0.05) is 22.8 Å². The van der Waals surface area contributed by atoms with E-state index in [2.05, 4.69) is 10.5 Å². The summed E-state index contributed by atoms with van der Waals surface area (Å²) in [6.07, 6.45) is 0. The molecule has 0 spiro atoms. The lowest BCUT2D eigenvalue weighted by Crippen LogP contribution is -2.12. The van der Waals surface area contributed by atoms with Crippen molar-refractivity contribution in [2.45, 2.75) is 13.8 Å². The SMILES string of the molecule is CCOc1ccc(-c2cc(C(=O)Nc3ccc(C)c(Cl)c3)no2)cc1. The Kier molecular flexibility index (Phi) is 5.05. The lowest BCUT2D eigenvalue weighted by molar-refractivity contribution is 0.101. The molecule has 1 N–H and O–H groups in total. The van der Waals surface area contributed by atoms with Gasteiger partial charge >= 0.3 is 0 Å². The molecule has 0 aliphatic carbocycles. The van der Waals surface area contributed by atoms with E-state index in [9.17, 15) is 4.79 Å². The highest BCUT2D eigenvalue weighted by Gasteiger charge is 2.14. The molecule has 25 heavy (non-hydrogen) atoms. The average Bonchev–Trinajstić information content (AvgIpc) is 3.09. The van der Waals surface area contributed by atoms with Crippen molar-refractivity contribution in [2.75, 3.05) is 11.9 Å². The van der Waals surface area contributed by atoms with Crippen LogP contribution in [0.2, 0.25) is 5.02 Å². The number of ether oxygens (including phenoxy) is 1. The van der Waals surface area contributed by atoms with Gasteiger partial charge in [-0.2, -0.15) is 0 Å². The fourth-order valence-electron chi connectivity index (χ4n) is 2.27. The highest BCUT2D eigenvalue weighted by atomic mass is 35.5. The highest BCUT2D eigenvalue weighted by Crippen LogP contribution is 2.24. The van der Waals surface area contributed by atoms with Crippen molar-refractivity contribution in [3.05, 3.63) is 64.8 Å². The van der Waals surface area contributed by atoms with Gasteiger partial charge < -0.3 is 14.6 Å². The third-order valence-corrected chi connectivity index (χ3v) is 4.03. The molecule has 0 unspecified atom stereocenters. The molecule has 128 valence electrons. The second-order valence-corrected chi connectivity index (χ2v) is 5.86. The number of nitrogens with one attached hydrogen (secondary N) is 1. The van der Waals surface area contributed by atoms with Crippen molar-refractivity contribution in [1.82, 2.24) is 5.16 Å². The number of carbonyl (C=O) groups is 1. The second kappa shape index (κ2) is 7.40. The maximum atomic E-state index is 12.3. The van der Waals surface area contributed by atoms with Crippen molar-refractivity contribution < 1.29 is 14.1 Å². The monoisotopic (exact) mass is 356 g/mol. The van der Waals surface area contributed by atoms with E-state index in [1.807, 2.05) is 44.2 Å². The number of carbonyl (C=O) groups excluding carboxylic acids is 1. The number of hydrogen-bond donors (Lipinski definition) is 1. The zero-order chi connectivity index (χ0) is 17.8. The van der Waals surface area contributed by atoms with Gasteiger partial charge in [-0.25, -0.2) is 0 Å². The second-order valence-electron chi connectivity index (χ2n) is 5.45. The summed E-state index contributed by atoms with van der Waals surface area (Å²) in [5.74, 6) is 0.927. The molecule has 0 saturated heterocycles. The first-order valence-corrected chi connectivity index (χ1v) is 8.22. The van der Waals surface area contributed by atoms with Crippen molar-refractivity contribution in [3.8, 4) is 17.1 Å². The van der Waals surface area contributed by atoms with E-state index in [0.29, 0.717) is 23.1 Å². The largest absolute Gasteiger partial charge is 0.494 e. The molecule has 0 fully saturated rings. The summed E-state index contributed by atoms with van der Waals surface area (Å²) in [5.41, 5.74) is 2.55. The zero-order valence-corrected chi connectivity index (χ0v) is 14.6. The van der Waals surface area contributed by atoms with Crippen LogP contribution in [0.1, 0.15) is 23.0 Å². The van der Waals surface area contributed by atoms with Crippen LogP contribution in [0.5, 0.6) is 5.75 Å². The minimum absolute atomic E-state index is 0.195. The van der Waals surface area contributed by atoms with Gasteiger partial charge in [-0.05, 0) is 55.8 Å². The maximum Gasteiger partial charge on any atom is 0.277 e. The summed E-state index contributed by atoms with van der Waals surface area (Å²) < 4.78 is 10.7. The zero-order valence-electron chi connectivity index (χ0n) is 13.9. The molecule has 3 rings (SSSR count). The number of nitrogens with zero attached hydrogens (tertiary/aromatic N) is 1. The Morgan fingerprint density at radius 3 is 2.64 bits per heavy atom. The van der Waals surface area contributed by atoms with Crippen LogP contribution in [0.15, 0.2) is 53.1 Å². The van der Waals surface area contributed by atoms with E-state index in [-0.39, 0.29) is 11.6 Å². The van der Waals surface area contributed by atoms with Gasteiger partial charge in [0, 0.05) is 22.3 Å². The van der Waals surface area contributed by atoms with Crippen LogP contribution >= 0.6 is 11.6 Å². The summed E-state index contributed by atoms with van der Waals surface area (Å²) in [4.78, 5) is 12.3. The van der Waals surface area contributed by atoms with Gasteiger partial charge in [0.15, 0.2) is 11.5 Å². The van der Waals surface area contributed by atoms with Crippen LogP contribution in [0.25, 0.3) is 11.3 Å². The van der Waals surface area contributed by atoms with Crippen LogP contribution < -0.4 is 10.1 Å². The Hall–Kier alpha value is -2.79. The van der Waals surface area contributed by atoms with Gasteiger partial charge in [0.1, 0.15) is 5.75 Å². The third kappa shape index (κ3) is 4.00. The van der Waals surface area contributed by atoms with Crippen molar-refractivity contribution in [2.24, 2.45) is 0 Å². The predicted octanol–water partition coefficient (Wildman–Crippen LogP) is 4.95. The number of hydrogen-bond acceptors (Lipinski definition) is 4. The Labute approximate surface area is 150 Å². The molecule has 0 bridgehead atoms. The standard InChI is InChI=1S/C19H17ClN2O3/c1-3-24-15-8-5-13(6-9-15)18-11-17(22-25-18)19(23)21-14-7-4-12(2)16(20)10-14/h4-11H,3H2,1-2H3,(H,21,23). The molecular formula is C19H17ClN2O3. The molecule has 1 heterocycles. The van der Waals surface area contributed by atoms with E-state index in [1.165, 1.54) is 0 Å². The molecule has 2 aromatic carbocycles. The molecule has 5 nitrogen and oxygen atoms in total. The molecule has 0 saturated carbocycles. The van der Waals surface area contributed by atoms with E-state index in [4.69, 9.17) is 20.9 Å². The summed E-state index contributed by atoms with van der Waals surface area (Å²) >= 11 is 6.07. The number of rotatable bonds is 5. The molecule has 0 aliphatic rings. The number of aromatic nitrogens is 1. The Balaban J connectivity index is 1.73. The topological polar surface area (TPSA) is 64.4 Å². The first-order chi connectivity index (χ1) is 12.1. The smallest absolute Gasteiger partial charge is 0.277 e. The third-order valence-electron chi connectivity index (χ3n) is 3.62. The van der Waals surface area contributed by atoms with Crippen LogP contribution in [0.3, 0.4) is 0 Å². The number of aryl methyl sites for hydroxylation is 1. The number of amides is 1. The molecule has 1 aromatic heterocycles. The Morgan fingerprint density at radius 2 is 1.96 bits per heavy atom. The number of benzene rings is 2. The van der Waals surface area contributed by atoms with Crippen LogP contribution in [0.4, 0.5) is 5.69 Å². The van der Waals surface area contributed by atoms with Crippen molar-refractivity contribution >= 4 is 23.2 Å². The van der Waals surface area contributed by atoms with Crippen LogP contribution in [-0.4, -0.2) is 17.7 Å². The van der Waals surface area contributed by atoms with Gasteiger partial charge in [-0.3, -0.25) is 4.79 Å². The van der Waals surface area contributed by atoms with Crippen molar-refractivity contribution in [3.63, 3.8) is 0 Å². The van der Waals surface area contributed by atoms with E-state index in [1.54, 1.807) is 18.2 Å². The molecule has 0 radical (unpaired) electrons. The summed E-state index contributed by atoms with van der Waals surface area (Å²) in [6, 6.07) is 14.3. The Morgan fingerprint density at radius 1 is 1.20 bits per heavy atom. The summed E-state index contributed by atoms with van der Waals surface area (Å²) in [7, 11) is 0. The van der Waals surface area contributed by atoms with Crippen LogP contribution in [-0.2, 0) is 0 Å². The first-order valence-electron chi connectivity index (χ1n) is 7.84. The average molecular weight is 357 g/mol. The molecule has 6 heteroatoms. The van der Waals surface area contributed by atoms with Crippen LogP contribution in [0, 0.1) is 6.92 Å². The number of anilines is 1. The first kappa shape index (κ1) is 17.0. The predicted molar refractivity (Wildman–Crippen MR) is 97.3 cm³/mol. The van der Waals surface area contributed by atoms with Gasteiger partial charge in [0.25, 0.3) is 5.91 Å². The fraction of sp³-hybridized carbons (Fsp3) is 0.158. The molecule has 3 aromatic rings. The highest BCUT2D eigenvalue weighted by molar-refractivity contribution is 6.31. The number of halogens is 1. The van der Waals surface area contributed by atoms with Gasteiger partial charge in [0.05, 0.1) is 6.61 Å². The Bertz CT molecular complexity index is 888. The molecular weight excluding hydrogens is 340 g/mol. The van der Waals surface area contributed by atoms with E-state index < -0.39 is 0 Å². The van der Waals surface area contributed by atoms with E-state index in [0.717, 1.165) is 16.9 Å². The molecule has 1 amide bonds. The lowest BCUT2D eigenvalue weighted by Gasteiger charge is -2.04.